The van der Waals surface area contributed by atoms with Crippen LogP contribution in [0.15, 0.2) is 18.3 Å². The summed E-state index contributed by atoms with van der Waals surface area (Å²) in [5.74, 6) is 1.71. The van der Waals surface area contributed by atoms with E-state index in [0.29, 0.717) is 27.4 Å². The number of anilines is 3. The lowest BCUT2D eigenvalue weighted by molar-refractivity contribution is 0.324. The standard InChI is InChI=1S/C12H15N3O3S/c1-16-8-4-7(5-9(17-2)11(8)18-3)15-12-14-6-10(13)19-12/h4-6H,13H2,1-3H3,(H,14,15). The minimum absolute atomic E-state index is 0.550. The van der Waals surface area contributed by atoms with Crippen molar-refractivity contribution in [2.45, 2.75) is 0 Å². The minimum atomic E-state index is 0.550. The Hall–Kier alpha value is -2.15. The fourth-order valence-electron chi connectivity index (χ4n) is 1.62. The van der Waals surface area contributed by atoms with E-state index in [4.69, 9.17) is 19.9 Å². The summed E-state index contributed by atoms with van der Waals surface area (Å²) >= 11 is 1.36. The van der Waals surface area contributed by atoms with Crippen molar-refractivity contribution in [3.8, 4) is 17.2 Å². The lowest BCUT2D eigenvalue weighted by Crippen LogP contribution is -1.97. The van der Waals surface area contributed by atoms with Gasteiger partial charge in [-0.25, -0.2) is 4.98 Å². The molecule has 3 N–H and O–H groups in total. The molecule has 19 heavy (non-hydrogen) atoms. The summed E-state index contributed by atoms with van der Waals surface area (Å²) < 4.78 is 15.8. The second-order valence-electron chi connectivity index (χ2n) is 3.61. The highest BCUT2D eigenvalue weighted by molar-refractivity contribution is 7.19. The number of benzene rings is 1. The van der Waals surface area contributed by atoms with Crippen LogP contribution in [0.4, 0.5) is 15.8 Å². The molecule has 0 saturated carbocycles. The Balaban J connectivity index is 2.35. The Bertz CT molecular complexity index is 546. The van der Waals surface area contributed by atoms with E-state index in [2.05, 4.69) is 10.3 Å². The van der Waals surface area contributed by atoms with Crippen LogP contribution in [0.1, 0.15) is 0 Å². The predicted octanol–water partition coefficient (Wildman–Crippen LogP) is 2.49. The van der Waals surface area contributed by atoms with E-state index in [1.54, 1.807) is 39.7 Å². The first-order chi connectivity index (χ1) is 9.17. The average Bonchev–Trinajstić information content (AvgIpc) is 2.82. The van der Waals surface area contributed by atoms with Crippen molar-refractivity contribution in [1.29, 1.82) is 0 Å². The number of rotatable bonds is 5. The molecule has 0 unspecified atom stereocenters. The normalized spacial score (nSPS) is 10.1. The summed E-state index contributed by atoms with van der Waals surface area (Å²) in [5.41, 5.74) is 6.42. The van der Waals surface area contributed by atoms with Crippen molar-refractivity contribution in [2.24, 2.45) is 0 Å². The van der Waals surface area contributed by atoms with E-state index >= 15 is 0 Å². The van der Waals surface area contributed by atoms with Gasteiger partial charge in [-0.3, -0.25) is 0 Å². The lowest BCUT2D eigenvalue weighted by Gasteiger charge is -2.14. The Morgan fingerprint density at radius 1 is 1.11 bits per heavy atom. The molecule has 0 aliphatic carbocycles. The van der Waals surface area contributed by atoms with Crippen molar-refractivity contribution in [1.82, 2.24) is 4.98 Å². The van der Waals surface area contributed by atoms with Crippen LogP contribution in [0.25, 0.3) is 0 Å². The largest absolute Gasteiger partial charge is 0.493 e. The number of aromatic nitrogens is 1. The summed E-state index contributed by atoms with van der Waals surface area (Å²) in [7, 11) is 4.71. The van der Waals surface area contributed by atoms with E-state index < -0.39 is 0 Å². The molecule has 0 aliphatic rings. The summed E-state index contributed by atoms with van der Waals surface area (Å²) in [4.78, 5) is 4.13. The number of hydrogen-bond donors (Lipinski definition) is 2. The third-order valence-electron chi connectivity index (χ3n) is 2.44. The molecule has 2 rings (SSSR count). The van der Waals surface area contributed by atoms with Gasteiger partial charge >= 0.3 is 0 Å². The van der Waals surface area contributed by atoms with Crippen LogP contribution in [-0.2, 0) is 0 Å². The molecule has 7 heteroatoms. The van der Waals surface area contributed by atoms with Gasteiger partial charge in [-0.15, -0.1) is 0 Å². The van der Waals surface area contributed by atoms with Gasteiger partial charge in [0.1, 0.15) is 5.00 Å². The van der Waals surface area contributed by atoms with Crippen LogP contribution in [-0.4, -0.2) is 26.3 Å². The fraction of sp³-hybridized carbons (Fsp3) is 0.250. The number of nitrogen functional groups attached to an aromatic ring is 1. The maximum Gasteiger partial charge on any atom is 0.203 e. The summed E-state index contributed by atoms with van der Waals surface area (Å²) in [6.07, 6.45) is 1.60. The van der Waals surface area contributed by atoms with Crippen LogP contribution in [0.2, 0.25) is 0 Å². The van der Waals surface area contributed by atoms with E-state index in [-0.39, 0.29) is 0 Å². The highest BCUT2D eigenvalue weighted by Gasteiger charge is 2.13. The van der Waals surface area contributed by atoms with Crippen LogP contribution < -0.4 is 25.3 Å². The van der Waals surface area contributed by atoms with Gasteiger partial charge in [0.2, 0.25) is 5.75 Å². The first-order valence-electron chi connectivity index (χ1n) is 5.46. The SMILES string of the molecule is COc1cc(Nc2ncc(N)s2)cc(OC)c1OC. The van der Waals surface area contributed by atoms with Crippen molar-refractivity contribution >= 4 is 27.2 Å². The number of hydrogen-bond acceptors (Lipinski definition) is 7. The summed E-state index contributed by atoms with van der Waals surface area (Å²) in [6.45, 7) is 0. The third-order valence-corrected chi connectivity index (χ3v) is 3.18. The Labute approximate surface area is 115 Å². The molecule has 1 aromatic heterocycles. The first kappa shape index (κ1) is 13.3. The number of thiazole rings is 1. The summed E-state index contributed by atoms with van der Waals surface area (Å²) in [5, 5.41) is 4.49. The fourth-order valence-corrected chi connectivity index (χ4v) is 2.22. The van der Waals surface area contributed by atoms with Gasteiger partial charge < -0.3 is 25.3 Å². The molecule has 0 aliphatic heterocycles. The smallest absolute Gasteiger partial charge is 0.203 e. The van der Waals surface area contributed by atoms with Crippen LogP contribution >= 0.6 is 11.3 Å². The molecular formula is C12H15N3O3S. The van der Waals surface area contributed by atoms with Crippen molar-refractivity contribution in [2.75, 3.05) is 32.4 Å². The van der Waals surface area contributed by atoms with Crippen molar-refractivity contribution < 1.29 is 14.2 Å². The molecule has 102 valence electrons. The zero-order chi connectivity index (χ0) is 13.8. The Morgan fingerprint density at radius 2 is 1.74 bits per heavy atom. The van der Waals surface area contributed by atoms with Gasteiger partial charge in [-0.2, -0.15) is 0 Å². The van der Waals surface area contributed by atoms with Crippen LogP contribution in [0.5, 0.6) is 17.2 Å². The molecule has 0 bridgehead atoms. The molecule has 0 spiro atoms. The number of nitrogens with two attached hydrogens (primary N) is 1. The van der Waals surface area contributed by atoms with E-state index in [1.165, 1.54) is 11.3 Å². The third kappa shape index (κ3) is 2.82. The molecule has 0 radical (unpaired) electrons. The van der Waals surface area contributed by atoms with Crippen molar-refractivity contribution in [3.63, 3.8) is 0 Å². The predicted molar refractivity (Wildman–Crippen MR) is 75.9 cm³/mol. The van der Waals surface area contributed by atoms with Gasteiger partial charge in [0.15, 0.2) is 16.6 Å². The van der Waals surface area contributed by atoms with Gasteiger partial charge in [0, 0.05) is 17.8 Å². The maximum absolute atomic E-state index is 5.64. The molecule has 1 heterocycles. The Morgan fingerprint density at radius 3 is 2.16 bits per heavy atom. The molecule has 0 saturated heterocycles. The molecular weight excluding hydrogens is 266 g/mol. The average molecular weight is 281 g/mol. The van der Waals surface area contributed by atoms with Gasteiger partial charge in [0.25, 0.3) is 0 Å². The first-order valence-corrected chi connectivity index (χ1v) is 6.28. The number of nitrogens with zero attached hydrogens (tertiary/aromatic N) is 1. The molecule has 0 atom stereocenters. The number of methoxy groups -OCH3 is 3. The monoisotopic (exact) mass is 281 g/mol. The molecule has 2 aromatic rings. The molecule has 6 nitrogen and oxygen atoms in total. The van der Waals surface area contributed by atoms with Crippen molar-refractivity contribution in [3.05, 3.63) is 18.3 Å². The molecule has 1 aromatic carbocycles. The highest BCUT2D eigenvalue weighted by Crippen LogP contribution is 2.40. The second-order valence-corrected chi connectivity index (χ2v) is 4.67. The van der Waals surface area contributed by atoms with Gasteiger partial charge in [0.05, 0.1) is 27.5 Å². The maximum atomic E-state index is 5.64. The quantitative estimate of drug-likeness (QED) is 0.876. The second kappa shape index (κ2) is 5.66. The van der Waals surface area contributed by atoms with Gasteiger partial charge in [-0.1, -0.05) is 11.3 Å². The zero-order valence-corrected chi connectivity index (χ0v) is 11.7. The number of ether oxygens (including phenoxy) is 3. The zero-order valence-electron chi connectivity index (χ0n) is 10.9. The molecule has 0 amide bonds. The van der Waals surface area contributed by atoms with Gasteiger partial charge in [-0.05, 0) is 0 Å². The topological polar surface area (TPSA) is 78.6 Å². The summed E-state index contributed by atoms with van der Waals surface area (Å²) in [6, 6.07) is 3.61. The minimum Gasteiger partial charge on any atom is -0.493 e. The lowest BCUT2D eigenvalue weighted by atomic mass is 10.2. The van der Waals surface area contributed by atoms with E-state index in [1.807, 2.05) is 0 Å². The van der Waals surface area contributed by atoms with E-state index in [9.17, 15) is 0 Å². The van der Waals surface area contributed by atoms with Crippen LogP contribution in [0.3, 0.4) is 0 Å². The molecule has 0 fully saturated rings. The number of nitrogens with one attached hydrogen (secondary N) is 1. The van der Waals surface area contributed by atoms with E-state index in [0.717, 1.165) is 5.69 Å². The van der Waals surface area contributed by atoms with Crippen LogP contribution in [0, 0.1) is 0 Å². The highest BCUT2D eigenvalue weighted by atomic mass is 32.1. The Kier molecular flexibility index (Phi) is 3.96.